The van der Waals surface area contributed by atoms with Crippen LogP contribution in [0.2, 0.25) is 0 Å². The Kier molecular flexibility index (Phi) is 4.21. The maximum absolute atomic E-state index is 4.92. The summed E-state index contributed by atoms with van der Waals surface area (Å²) in [6, 6.07) is 7.93. The van der Waals surface area contributed by atoms with E-state index in [2.05, 4.69) is 41.4 Å². The van der Waals surface area contributed by atoms with Gasteiger partial charge >= 0.3 is 0 Å². The van der Waals surface area contributed by atoms with E-state index in [4.69, 9.17) is 6.42 Å². The van der Waals surface area contributed by atoms with Gasteiger partial charge in [-0.3, -0.25) is 0 Å². The molecule has 1 aromatic carbocycles. The Balaban J connectivity index is 2.70. The maximum atomic E-state index is 4.92. The minimum Gasteiger partial charge on any atom is -0.106 e. The van der Waals surface area contributed by atoms with Crippen molar-refractivity contribution in [3.63, 3.8) is 0 Å². The zero-order valence-electron chi connectivity index (χ0n) is 8.39. The molecule has 0 heterocycles. The van der Waals surface area contributed by atoms with E-state index in [1.807, 2.05) is 31.2 Å². The summed E-state index contributed by atoms with van der Waals surface area (Å²) in [5, 5.41) is 0. The molecule has 0 aliphatic heterocycles. The third-order valence-electron chi connectivity index (χ3n) is 1.58. The van der Waals surface area contributed by atoms with E-state index in [1.54, 1.807) is 0 Å². The van der Waals surface area contributed by atoms with Gasteiger partial charge in [0.05, 0.1) is 0 Å². The number of rotatable bonds is 0. The molecule has 0 heteroatoms. The van der Waals surface area contributed by atoms with Crippen molar-refractivity contribution in [3.05, 3.63) is 35.4 Å². The molecule has 68 valence electrons. The zero-order chi connectivity index (χ0) is 10.9. The molecule has 15 heavy (non-hydrogen) atoms. The summed E-state index contributed by atoms with van der Waals surface area (Å²) in [5.74, 6) is 17.8. The molecule has 0 spiro atoms. The summed E-state index contributed by atoms with van der Waals surface area (Å²) in [6.07, 6.45) is 4.92. The van der Waals surface area contributed by atoms with E-state index >= 15 is 0 Å². The largest absolute Gasteiger partial charge is 0.106 e. The average Bonchev–Trinajstić information content (AvgIpc) is 2.26. The Hall–Kier alpha value is -2.54. The summed E-state index contributed by atoms with van der Waals surface area (Å²) in [5.41, 5.74) is 2.16. The second-order valence-electron chi connectivity index (χ2n) is 2.76. The van der Waals surface area contributed by atoms with Crippen molar-refractivity contribution >= 4 is 0 Å². The molecule has 0 N–H and O–H groups in total. The van der Waals surface area contributed by atoms with Crippen molar-refractivity contribution < 1.29 is 0 Å². The van der Waals surface area contributed by atoms with Gasteiger partial charge in [0, 0.05) is 5.56 Å². The average molecular weight is 188 g/mol. The molecule has 0 bridgehead atoms. The number of aryl methyl sites for hydroxylation is 1. The first kappa shape index (κ1) is 10.5. The molecular weight excluding hydrogens is 180 g/mol. The molecule has 0 nitrogen and oxygen atoms in total. The lowest BCUT2D eigenvalue weighted by Crippen LogP contribution is -1.74. The van der Waals surface area contributed by atoms with Crippen molar-refractivity contribution in [1.29, 1.82) is 0 Å². The van der Waals surface area contributed by atoms with Crippen LogP contribution in [0.15, 0.2) is 24.3 Å². The molecule has 1 aromatic rings. The molecule has 1 rings (SSSR count). The van der Waals surface area contributed by atoms with Gasteiger partial charge in [-0.25, -0.2) is 0 Å². The zero-order valence-corrected chi connectivity index (χ0v) is 8.39. The summed E-state index contributed by atoms with van der Waals surface area (Å²) in [6.45, 7) is 2.03. The van der Waals surface area contributed by atoms with Gasteiger partial charge < -0.3 is 0 Å². The Morgan fingerprint density at radius 2 is 1.47 bits per heavy atom. The normalized spacial score (nSPS) is 6.67. The van der Waals surface area contributed by atoms with Crippen LogP contribution >= 0.6 is 0 Å². The van der Waals surface area contributed by atoms with E-state index in [0.29, 0.717) is 0 Å². The lowest BCUT2D eigenvalue weighted by Gasteiger charge is -1.89. The van der Waals surface area contributed by atoms with Crippen molar-refractivity contribution in [1.82, 2.24) is 0 Å². The first-order valence-electron chi connectivity index (χ1n) is 4.36. The summed E-state index contributed by atoms with van der Waals surface area (Å²) in [7, 11) is 0. The quantitative estimate of drug-likeness (QED) is 0.546. The fraction of sp³-hybridized carbons (Fsp3) is 0.0667. The Morgan fingerprint density at radius 1 is 0.867 bits per heavy atom. The van der Waals surface area contributed by atoms with Crippen molar-refractivity contribution in [2.24, 2.45) is 0 Å². The first-order chi connectivity index (χ1) is 7.33. The smallest absolute Gasteiger partial charge is 0.0255 e. The van der Waals surface area contributed by atoms with Gasteiger partial charge in [-0.1, -0.05) is 23.6 Å². The second kappa shape index (κ2) is 6.00. The van der Waals surface area contributed by atoms with Gasteiger partial charge in [0.25, 0.3) is 0 Å². The molecule has 0 unspecified atom stereocenters. The molecule has 0 radical (unpaired) electrons. The minimum absolute atomic E-state index is 0.944. The molecule has 0 aliphatic rings. The fourth-order valence-electron chi connectivity index (χ4n) is 0.870. The predicted octanol–water partition coefficient (Wildman–Crippen LogP) is 1.99. The first-order valence-corrected chi connectivity index (χ1v) is 4.36. The van der Waals surface area contributed by atoms with E-state index < -0.39 is 0 Å². The van der Waals surface area contributed by atoms with Gasteiger partial charge in [0.1, 0.15) is 0 Å². The lowest BCUT2D eigenvalue weighted by atomic mass is 10.2. The number of hydrogen-bond acceptors (Lipinski definition) is 0. The molecule has 0 aromatic heterocycles. The van der Waals surface area contributed by atoms with Crippen molar-refractivity contribution in [3.8, 4) is 47.9 Å². The lowest BCUT2D eigenvalue weighted by molar-refractivity contribution is 1.46. The Labute approximate surface area is 90.7 Å². The highest BCUT2D eigenvalue weighted by molar-refractivity contribution is 5.44. The summed E-state index contributed by atoms with van der Waals surface area (Å²) in [4.78, 5) is 0. The van der Waals surface area contributed by atoms with E-state index in [-0.39, 0.29) is 0 Å². The highest BCUT2D eigenvalue weighted by Gasteiger charge is 1.84. The Morgan fingerprint density at radius 3 is 2.13 bits per heavy atom. The van der Waals surface area contributed by atoms with Crippen molar-refractivity contribution in [2.45, 2.75) is 6.92 Å². The fourth-order valence-corrected chi connectivity index (χ4v) is 0.870. The third kappa shape index (κ3) is 4.29. The molecular formula is C15H8. The van der Waals surface area contributed by atoms with Crippen LogP contribution in [0.3, 0.4) is 0 Å². The van der Waals surface area contributed by atoms with Gasteiger partial charge in [-0.2, -0.15) is 0 Å². The molecule has 0 aliphatic carbocycles. The van der Waals surface area contributed by atoms with Crippen LogP contribution in [0.5, 0.6) is 0 Å². The van der Waals surface area contributed by atoms with E-state index in [0.717, 1.165) is 5.56 Å². The van der Waals surface area contributed by atoms with E-state index in [1.165, 1.54) is 5.56 Å². The van der Waals surface area contributed by atoms with Crippen LogP contribution in [-0.4, -0.2) is 0 Å². The van der Waals surface area contributed by atoms with Gasteiger partial charge in [0.2, 0.25) is 0 Å². The second-order valence-corrected chi connectivity index (χ2v) is 2.76. The molecule has 0 fully saturated rings. The monoisotopic (exact) mass is 188 g/mol. The molecule has 0 atom stereocenters. The standard InChI is InChI=1S/C15H8/c1-3-4-5-6-7-8-9-15-12-10-14(2)11-13-15/h1,10-13H,2H3. The van der Waals surface area contributed by atoms with Crippen LogP contribution in [0.4, 0.5) is 0 Å². The van der Waals surface area contributed by atoms with Gasteiger partial charge in [-0.05, 0) is 54.6 Å². The Bertz CT molecular complexity index is 547. The number of benzene rings is 1. The number of hydrogen-bond donors (Lipinski definition) is 0. The van der Waals surface area contributed by atoms with Gasteiger partial charge in [-0.15, -0.1) is 6.42 Å². The van der Waals surface area contributed by atoms with Crippen LogP contribution < -0.4 is 0 Å². The topological polar surface area (TPSA) is 0 Å². The molecule has 0 amide bonds. The molecule has 0 saturated heterocycles. The summed E-state index contributed by atoms with van der Waals surface area (Å²) >= 11 is 0. The maximum Gasteiger partial charge on any atom is 0.0255 e. The summed E-state index contributed by atoms with van der Waals surface area (Å²) < 4.78 is 0. The van der Waals surface area contributed by atoms with Crippen LogP contribution in [0.1, 0.15) is 11.1 Å². The predicted molar refractivity (Wildman–Crippen MR) is 62.4 cm³/mol. The van der Waals surface area contributed by atoms with E-state index in [9.17, 15) is 0 Å². The van der Waals surface area contributed by atoms with Crippen LogP contribution in [-0.2, 0) is 0 Å². The van der Waals surface area contributed by atoms with Crippen LogP contribution in [0.25, 0.3) is 0 Å². The highest BCUT2D eigenvalue weighted by Crippen LogP contribution is 2.00. The SMILES string of the molecule is C#CC#CC#CC#Cc1ccc(C)cc1. The van der Waals surface area contributed by atoms with Gasteiger partial charge in [0.15, 0.2) is 0 Å². The number of terminal acetylenes is 1. The minimum atomic E-state index is 0.944. The highest BCUT2D eigenvalue weighted by atomic mass is 13.9. The van der Waals surface area contributed by atoms with Crippen LogP contribution in [0, 0.1) is 54.8 Å². The van der Waals surface area contributed by atoms with Crippen molar-refractivity contribution in [2.75, 3.05) is 0 Å². The third-order valence-corrected chi connectivity index (χ3v) is 1.58. The molecule has 0 saturated carbocycles.